The smallest absolute Gasteiger partial charge is 0.433 e. The number of phenolic OH excluding ortho intramolecular Hbond substituents is 1. The van der Waals surface area contributed by atoms with Crippen molar-refractivity contribution in [2.45, 2.75) is 13.1 Å². The largest absolute Gasteiger partial charge is 0.506 e. The molecule has 4 rings (SSSR count). The molecule has 2 N–H and O–H groups in total. The summed E-state index contributed by atoms with van der Waals surface area (Å²) < 4.78 is 41.7. The van der Waals surface area contributed by atoms with E-state index in [1.165, 1.54) is 18.2 Å². The van der Waals surface area contributed by atoms with Crippen LogP contribution in [0.25, 0.3) is 16.9 Å². The highest BCUT2D eigenvalue weighted by Crippen LogP contribution is 2.33. The quantitative estimate of drug-likeness (QED) is 0.417. The van der Waals surface area contributed by atoms with E-state index in [0.29, 0.717) is 10.1 Å². The molecule has 2 aromatic carbocycles. The Labute approximate surface area is 178 Å². The van der Waals surface area contributed by atoms with Crippen molar-refractivity contribution in [2.75, 3.05) is 5.32 Å². The molecule has 0 radical (unpaired) electrons. The highest BCUT2D eigenvalue weighted by atomic mass is 35.5. The SMILES string of the molecule is Cc1ccc(-c2cc(C(F)(F)F)n3ncc(C(=O)Nc4cc(Cl)ccc4O)c3n2)cc1. The first-order chi connectivity index (χ1) is 14.6. The van der Waals surface area contributed by atoms with Crippen molar-refractivity contribution in [3.8, 4) is 17.0 Å². The van der Waals surface area contributed by atoms with Crippen molar-refractivity contribution in [3.05, 3.63) is 76.6 Å². The van der Waals surface area contributed by atoms with Crippen LogP contribution >= 0.6 is 11.6 Å². The summed E-state index contributed by atoms with van der Waals surface area (Å²) in [5.74, 6) is -1.05. The Balaban J connectivity index is 1.85. The number of nitrogens with one attached hydrogen (secondary N) is 1. The molecular formula is C21H14ClF3N4O2. The lowest BCUT2D eigenvalue weighted by Crippen LogP contribution is -2.16. The minimum atomic E-state index is -4.73. The zero-order chi connectivity index (χ0) is 22.3. The van der Waals surface area contributed by atoms with Crippen molar-refractivity contribution in [2.24, 2.45) is 0 Å². The second-order valence-electron chi connectivity index (χ2n) is 6.80. The van der Waals surface area contributed by atoms with E-state index in [2.05, 4.69) is 15.4 Å². The van der Waals surface area contributed by atoms with Gasteiger partial charge in [0.2, 0.25) is 0 Å². The summed E-state index contributed by atoms with van der Waals surface area (Å²) in [7, 11) is 0. The summed E-state index contributed by atoms with van der Waals surface area (Å²) in [5, 5.41) is 16.3. The van der Waals surface area contributed by atoms with Gasteiger partial charge in [-0.1, -0.05) is 41.4 Å². The van der Waals surface area contributed by atoms with Crippen molar-refractivity contribution < 1.29 is 23.1 Å². The van der Waals surface area contributed by atoms with Crippen molar-refractivity contribution in [1.29, 1.82) is 0 Å². The first kappa shape index (κ1) is 20.7. The predicted molar refractivity (Wildman–Crippen MR) is 109 cm³/mol. The molecule has 0 saturated carbocycles. The van der Waals surface area contributed by atoms with Gasteiger partial charge in [0.1, 0.15) is 11.3 Å². The van der Waals surface area contributed by atoms with Gasteiger partial charge in [-0.15, -0.1) is 0 Å². The highest BCUT2D eigenvalue weighted by molar-refractivity contribution is 6.31. The second-order valence-corrected chi connectivity index (χ2v) is 7.24. The van der Waals surface area contributed by atoms with Crippen LogP contribution in [-0.4, -0.2) is 25.6 Å². The Morgan fingerprint density at radius 2 is 1.84 bits per heavy atom. The Kier molecular flexibility index (Phi) is 5.06. The summed E-state index contributed by atoms with van der Waals surface area (Å²) in [6.45, 7) is 1.85. The van der Waals surface area contributed by atoms with Gasteiger partial charge in [0.05, 0.1) is 17.6 Å². The fraction of sp³-hybridized carbons (Fsp3) is 0.0952. The molecule has 158 valence electrons. The molecule has 0 aliphatic carbocycles. The van der Waals surface area contributed by atoms with Crippen LogP contribution in [0.3, 0.4) is 0 Å². The van der Waals surface area contributed by atoms with Crippen LogP contribution in [0.2, 0.25) is 5.02 Å². The minimum Gasteiger partial charge on any atom is -0.506 e. The molecule has 0 saturated heterocycles. The molecule has 0 aliphatic rings. The molecule has 2 aromatic heterocycles. The number of benzene rings is 2. The lowest BCUT2D eigenvalue weighted by atomic mass is 10.1. The Morgan fingerprint density at radius 1 is 1.13 bits per heavy atom. The van der Waals surface area contributed by atoms with Crippen LogP contribution in [0, 0.1) is 6.92 Å². The Morgan fingerprint density at radius 3 is 2.52 bits per heavy atom. The Bertz CT molecular complexity index is 1300. The van der Waals surface area contributed by atoms with Gasteiger partial charge in [-0.3, -0.25) is 4.79 Å². The fourth-order valence-electron chi connectivity index (χ4n) is 3.00. The molecule has 10 heteroatoms. The maximum absolute atomic E-state index is 13.7. The van der Waals surface area contributed by atoms with Crippen LogP contribution in [0.4, 0.5) is 18.9 Å². The average molecular weight is 447 g/mol. The minimum absolute atomic E-state index is 0.00239. The van der Waals surface area contributed by atoms with E-state index in [0.717, 1.165) is 17.8 Å². The second kappa shape index (κ2) is 7.59. The number of nitrogens with zero attached hydrogens (tertiary/aromatic N) is 3. The van der Waals surface area contributed by atoms with E-state index < -0.39 is 17.8 Å². The van der Waals surface area contributed by atoms with Gasteiger partial charge in [0.15, 0.2) is 11.3 Å². The summed E-state index contributed by atoms with van der Waals surface area (Å²) in [6, 6.07) is 11.7. The zero-order valence-corrected chi connectivity index (χ0v) is 16.7. The molecule has 31 heavy (non-hydrogen) atoms. The molecule has 0 bridgehead atoms. The van der Waals surface area contributed by atoms with Gasteiger partial charge in [-0.05, 0) is 31.2 Å². The van der Waals surface area contributed by atoms with E-state index in [-0.39, 0.29) is 33.4 Å². The average Bonchev–Trinajstić information content (AvgIpc) is 3.14. The summed E-state index contributed by atoms with van der Waals surface area (Å²) >= 11 is 5.87. The maximum atomic E-state index is 13.7. The zero-order valence-electron chi connectivity index (χ0n) is 15.9. The van der Waals surface area contributed by atoms with E-state index in [9.17, 15) is 23.1 Å². The number of amides is 1. The van der Waals surface area contributed by atoms with Crippen molar-refractivity contribution in [3.63, 3.8) is 0 Å². The van der Waals surface area contributed by atoms with Crippen LogP contribution < -0.4 is 5.32 Å². The van der Waals surface area contributed by atoms with Gasteiger partial charge in [0, 0.05) is 10.6 Å². The van der Waals surface area contributed by atoms with Crippen molar-refractivity contribution >= 4 is 28.8 Å². The molecule has 4 aromatic rings. The van der Waals surface area contributed by atoms with Gasteiger partial charge >= 0.3 is 6.18 Å². The molecule has 0 aliphatic heterocycles. The number of rotatable bonds is 3. The normalized spacial score (nSPS) is 11.6. The van der Waals surface area contributed by atoms with E-state index in [1.54, 1.807) is 24.3 Å². The molecular weight excluding hydrogens is 433 g/mol. The van der Waals surface area contributed by atoms with Crippen LogP contribution in [0.1, 0.15) is 21.6 Å². The first-order valence-corrected chi connectivity index (χ1v) is 9.34. The third-order valence-electron chi connectivity index (χ3n) is 4.56. The topological polar surface area (TPSA) is 79.5 Å². The van der Waals surface area contributed by atoms with Gasteiger partial charge in [-0.25, -0.2) is 9.50 Å². The third-order valence-corrected chi connectivity index (χ3v) is 4.80. The van der Waals surface area contributed by atoms with E-state index >= 15 is 0 Å². The lowest BCUT2D eigenvalue weighted by molar-refractivity contribution is -0.142. The third kappa shape index (κ3) is 4.04. The number of alkyl halides is 3. The number of hydrogen-bond donors (Lipinski definition) is 2. The number of halogens is 4. The molecule has 2 heterocycles. The maximum Gasteiger partial charge on any atom is 0.433 e. The van der Waals surface area contributed by atoms with Crippen LogP contribution in [0.15, 0.2) is 54.7 Å². The first-order valence-electron chi connectivity index (χ1n) is 8.96. The standard InChI is InChI=1S/C21H14ClF3N4O2/c1-11-2-4-12(5-3-11)15-9-18(21(23,24)25)29-19(27-15)14(10-26-29)20(31)28-16-8-13(22)6-7-17(16)30/h2-10,30H,1H3,(H,28,31). The molecule has 6 nitrogen and oxygen atoms in total. The molecule has 1 amide bonds. The predicted octanol–water partition coefficient (Wildman–Crippen LogP) is 5.33. The van der Waals surface area contributed by atoms with Crippen LogP contribution in [0.5, 0.6) is 5.75 Å². The number of aryl methyl sites for hydroxylation is 1. The van der Waals surface area contributed by atoms with Crippen LogP contribution in [-0.2, 0) is 6.18 Å². The number of phenols is 1. The van der Waals surface area contributed by atoms with Gasteiger partial charge < -0.3 is 10.4 Å². The number of aromatic nitrogens is 3. The summed E-state index contributed by atoms with van der Waals surface area (Å²) in [6.07, 6.45) is -3.74. The highest BCUT2D eigenvalue weighted by Gasteiger charge is 2.36. The number of fused-ring (bicyclic) bond motifs is 1. The van der Waals surface area contributed by atoms with E-state index in [1.807, 2.05) is 6.92 Å². The number of aromatic hydroxyl groups is 1. The van der Waals surface area contributed by atoms with E-state index in [4.69, 9.17) is 11.6 Å². The molecule has 0 spiro atoms. The molecule has 0 unspecified atom stereocenters. The number of anilines is 1. The molecule has 0 fully saturated rings. The van der Waals surface area contributed by atoms with Crippen molar-refractivity contribution in [1.82, 2.24) is 14.6 Å². The Hall–Kier alpha value is -3.59. The van der Waals surface area contributed by atoms with Gasteiger partial charge in [0.25, 0.3) is 5.91 Å². The van der Waals surface area contributed by atoms with Gasteiger partial charge in [-0.2, -0.15) is 18.3 Å². The number of hydrogen-bond acceptors (Lipinski definition) is 4. The number of carbonyl (C=O) groups excluding carboxylic acids is 1. The summed E-state index contributed by atoms with van der Waals surface area (Å²) in [4.78, 5) is 17.0. The number of carbonyl (C=O) groups is 1. The lowest BCUT2D eigenvalue weighted by Gasteiger charge is -2.12. The molecule has 0 atom stereocenters. The summed E-state index contributed by atoms with van der Waals surface area (Å²) in [5.41, 5.74) is -0.103. The fourth-order valence-corrected chi connectivity index (χ4v) is 3.17. The monoisotopic (exact) mass is 446 g/mol.